The average molecular weight is 461 g/mol. The molecular weight excluding hydrogens is 443 g/mol. The summed E-state index contributed by atoms with van der Waals surface area (Å²) in [5.41, 5.74) is -0.0183. The predicted octanol–water partition coefficient (Wildman–Crippen LogP) is 3.95. The standard InChI is InChI=1S/C18H18Cl2N2O6S/c1-11(2)16(21-29(26,27)17-13(19)7-5-8-14(17)20)18(23)28-10-12-6-3-4-9-15(12)22(24)25/h3-9,11,16,21H,10H2,1-2H3/t16-/m0/s1. The van der Waals surface area contributed by atoms with E-state index >= 15 is 0 Å². The van der Waals surface area contributed by atoms with Crippen LogP contribution in [-0.2, 0) is 26.2 Å². The predicted molar refractivity (Wildman–Crippen MR) is 108 cm³/mol. The molecule has 0 aliphatic rings. The number of nitrogens with one attached hydrogen (secondary N) is 1. The summed E-state index contributed by atoms with van der Waals surface area (Å²) >= 11 is 11.9. The molecule has 0 aliphatic heterocycles. The lowest BCUT2D eigenvalue weighted by Crippen LogP contribution is -2.45. The third-order valence-electron chi connectivity index (χ3n) is 3.95. The highest BCUT2D eigenvalue weighted by molar-refractivity contribution is 7.89. The van der Waals surface area contributed by atoms with Crippen LogP contribution in [0.5, 0.6) is 0 Å². The fourth-order valence-electron chi connectivity index (χ4n) is 2.47. The number of nitro groups is 1. The van der Waals surface area contributed by atoms with Gasteiger partial charge in [-0.25, -0.2) is 8.42 Å². The zero-order valence-electron chi connectivity index (χ0n) is 15.5. The number of para-hydroxylation sites is 1. The number of carbonyl (C=O) groups is 1. The number of rotatable bonds is 8. The van der Waals surface area contributed by atoms with Gasteiger partial charge in [0, 0.05) is 6.07 Å². The fourth-order valence-corrected chi connectivity index (χ4v) is 4.95. The van der Waals surface area contributed by atoms with Crippen LogP contribution in [0, 0.1) is 16.0 Å². The maximum absolute atomic E-state index is 12.7. The number of hydrogen-bond donors (Lipinski definition) is 1. The minimum absolute atomic E-state index is 0.0965. The lowest BCUT2D eigenvalue weighted by Gasteiger charge is -2.21. The van der Waals surface area contributed by atoms with E-state index in [9.17, 15) is 23.3 Å². The molecule has 0 radical (unpaired) electrons. The largest absolute Gasteiger partial charge is 0.459 e. The van der Waals surface area contributed by atoms with Gasteiger partial charge in [0.1, 0.15) is 17.5 Å². The van der Waals surface area contributed by atoms with Gasteiger partial charge >= 0.3 is 5.97 Å². The van der Waals surface area contributed by atoms with Crippen molar-refractivity contribution in [1.82, 2.24) is 4.72 Å². The van der Waals surface area contributed by atoms with E-state index in [0.717, 1.165) is 0 Å². The van der Waals surface area contributed by atoms with Crippen molar-refractivity contribution in [3.63, 3.8) is 0 Å². The minimum Gasteiger partial charge on any atom is -0.459 e. The van der Waals surface area contributed by atoms with Gasteiger partial charge in [-0.05, 0) is 24.1 Å². The molecule has 29 heavy (non-hydrogen) atoms. The van der Waals surface area contributed by atoms with Crippen molar-refractivity contribution in [2.75, 3.05) is 0 Å². The molecule has 0 aliphatic carbocycles. The molecule has 1 atom stereocenters. The summed E-state index contributed by atoms with van der Waals surface area (Å²) in [6, 6.07) is 8.74. The highest BCUT2D eigenvalue weighted by Crippen LogP contribution is 2.29. The van der Waals surface area contributed by atoms with Crippen LogP contribution in [0.25, 0.3) is 0 Å². The second-order valence-corrected chi connectivity index (χ2v) is 8.85. The Kier molecular flexibility index (Phi) is 7.59. The van der Waals surface area contributed by atoms with Crippen LogP contribution in [0.2, 0.25) is 10.0 Å². The molecule has 2 aromatic carbocycles. The zero-order chi connectivity index (χ0) is 21.8. The SMILES string of the molecule is CC(C)[C@H](NS(=O)(=O)c1c(Cl)cccc1Cl)C(=O)OCc1ccccc1[N+](=O)[O-]. The lowest BCUT2D eigenvalue weighted by atomic mass is 10.1. The molecule has 0 aromatic heterocycles. The van der Waals surface area contributed by atoms with E-state index in [-0.39, 0.29) is 32.8 Å². The Morgan fingerprint density at radius 1 is 1.14 bits per heavy atom. The Balaban J connectivity index is 2.22. The molecule has 2 aromatic rings. The number of nitro benzene ring substituents is 1. The summed E-state index contributed by atoms with van der Waals surface area (Å²) in [6.45, 7) is 2.86. The summed E-state index contributed by atoms with van der Waals surface area (Å²) < 4.78 is 32.9. The van der Waals surface area contributed by atoms with Gasteiger partial charge in [-0.15, -0.1) is 0 Å². The van der Waals surface area contributed by atoms with E-state index in [1.807, 2.05) is 0 Å². The summed E-state index contributed by atoms with van der Waals surface area (Å²) in [5, 5.41) is 10.9. The van der Waals surface area contributed by atoms with Gasteiger partial charge < -0.3 is 4.74 Å². The minimum atomic E-state index is -4.24. The molecule has 0 unspecified atom stereocenters. The van der Waals surface area contributed by atoms with Gasteiger partial charge in [-0.1, -0.05) is 55.2 Å². The first-order valence-electron chi connectivity index (χ1n) is 8.40. The highest BCUT2D eigenvalue weighted by Gasteiger charge is 2.32. The zero-order valence-corrected chi connectivity index (χ0v) is 17.8. The summed E-state index contributed by atoms with van der Waals surface area (Å²) in [4.78, 5) is 22.7. The second kappa shape index (κ2) is 9.53. The van der Waals surface area contributed by atoms with Crippen LogP contribution in [0.4, 0.5) is 5.69 Å². The van der Waals surface area contributed by atoms with Gasteiger partial charge in [-0.2, -0.15) is 4.72 Å². The lowest BCUT2D eigenvalue weighted by molar-refractivity contribution is -0.385. The molecule has 0 bridgehead atoms. The van der Waals surface area contributed by atoms with Crippen molar-refractivity contribution in [1.29, 1.82) is 0 Å². The van der Waals surface area contributed by atoms with Crippen LogP contribution in [-0.4, -0.2) is 25.4 Å². The van der Waals surface area contributed by atoms with Crippen LogP contribution in [0.3, 0.4) is 0 Å². The molecular formula is C18H18Cl2N2O6S. The second-order valence-electron chi connectivity index (χ2n) is 6.39. The molecule has 8 nitrogen and oxygen atoms in total. The van der Waals surface area contributed by atoms with Gasteiger partial charge in [0.2, 0.25) is 10.0 Å². The number of ether oxygens (including phenoxy) is 1. The average Bonchev–Trinajstić information content (AvgIpc) is 2.63. The van der Waals surface area contributed by atoms with Crippen LogP contribution < -0.4 is 4.72 Å². The molecule has 0 saturated carbocycles. The van der Waals surface area contributed by atoms with E-state index in [1.165, 1.54) is 36.4 Å². The van der Waals surface area contributed by atoms with Crippen LogP contribution in [0.15, 0.2) is 47.4 Å². The molecule has 11 heteroatoms. The monoisotopic (exact) mass is 460 g/mol. The van der Waals surface area contributed by atoms with Crippen molar-refractivity contribution in [3.05, 3.63) is 68.2 Å². The quantitative estimate of drug-likeness (QED) is 0.362. The number of esters is 1. The highest BCUT2D eigenvalue weighted by atomic mass is 35.5. The number of hydrogen-bond acceptors (Lipinski definition) is 6. The molecule has 1 N–H and O–H groups in total. The molecule has 0 saturated heterocycles. The molecule has 0 heterocycles. The van der Waals surface area contributed by atoms with Crippen molar-refractivity contribution in [2.45, 2.75) is 31.4 Å². The smallest absolute Gasteiger partial charge is 0.324 e. The van der Waals surface area contributed by atoms with Crippen LogP contribution in [0.1, 0.15) is 19.4 Å². The number of sulfonamides is 1. The van der Waals surface area contributed by atoms with Crippen molar-refractivity contribution >= 4 is 44.9 Å². The molecule has 0 fully saturated rings. The van der Waals surface area contributed by atoms with Gasteiger partial charge in [-0.3, -0.25) is 14.9 Å². The normalized spacial score (nSPS) is 12.6. The number of benzene rings is 2. The first kappa shape index (κ1) is 23.1. The van der Waals surface area contributed by atoms with E-state index in [1.54, 1.807) is 19.9 Å². The van der Waals surface area contributed by atoms with E-state index < -0.39 is 32.9 Å². The van der Waals surface area contributed by atoms with Crippen LogP contribution >= 0.6 is 23.2 Å². The Morgan fingerprint density at radius 2 is 1.72 bits per heavy atom. The first-order chi connectivity index (χ1) is 13.5. The van der Waals surface area contributed by atoms with Gasteiger partial charge in [0.15, 0.2) is 0 Å². The fraction of sp³-hybridized carbons (Fsp3) is 0.278. The Labute approximate surface area is 178 Å². The Morgan fingerprint density at radius 3 is 2.28 bits per heavy atom. The Hall–Kier alpha value is -2.20. The van der Waals surface area contributed by atoms with E-state index in [2.05, 4.69) is 4.72 Å². The summed E-state index contributed by atoms with van der Waals surface area (Å²) in [5.74, 6) is -1.37. The topological polar surface area (TPSA) is 116 Å². The van der Waals surface area contributed by atoms with E-state index in [4.69, 9.17) is 27.9 Å². The molecule has 2 rings (SSSR count). The molecule has 156 valence electrons. The third kappa shape index (κ3) is 5.66. The maximum atomic E-state index is 12.7. The Bertz CT molecular complexity index is 1010. The molecule has 0 spiro atoms. The number of carbonyl (C=O) groups excluding carboxylic acids is 1. The summed E-state index contributed by atoms with van der Waals surface area (Å²) in [7, 11) is -4.24. The van der Waals surface area contributed by atoms with Crippen molar-refractivity contribution in [2.24, 2.45) is 5.92 Å². The van der Waals surface area contributed by atoms with Gasteiger partial charge in [0.05, 0.1) is 20.5 Å². The third-order valence-corrected chi connectivity index (χ3v) is 6.34. The maximum Gasteiger partial charge on any atom is 0.324 e. The molecule has 0 amide bonds. The van der Waals surface area contributed by atoms with Gasteiger partial charge in [0.25, 0.3) is 5.69 Å². The van der Waals surface area contributed by atoms with E-state index in [0.29, 0.717) is 0 Å². The number of halogens is 2. The number of nitrogens with zero attached hydrogens (tertiary/aromatic N) is 1. The van der Waals surface area contributed by atoms with Crippen molar-refractivity contribution in [3.8, 4) is 0 Å². The van der Waals surface area contributed by atoms with Crippen molar-refractivity contribution < 1.29 is 22.9 Å². The summed E-state index contributed by atoms with van der Waals surface area (Å²) in [6.07, 6.45) is 0. The first-order valence-corrected chi connectivity index (χ1v) is 10.6.